The maximum atomic E-state index is 11.6. The lowest BCUT2D eigenvalue weighted by Crippen LogP contribution is -2.52. The first-order valence-corrected chi connectivity index (χ1v) is 7.77. The van der Waals surface area contributed by atoms with Gasteiger partial charge in [0.15, 0.2) is 12.4 Å². The van der Waals surface area contributed by atoms with Crippen LogP contribution in [0.4, 0.5) is 0 Å². The van der Waals surface area contributed by atoms with Gasteiger partial charge in [-0.1, -0.05) is 26.7 Å². The summed E-state index contributed by atoms with van der Waals surface area (Å²) >= 11 is 0. The maximum Gasteiger partial charge on any atom is 0.308 e. The second kappa shape index (κ2) is 8.90. The van der Waals surface area contributed by atoms with Gasteiger partial charge in [-0.25, -0.2) is 0 Å². The third kappa shape index (κ3) is 5.22. The van der Waals surface area contributed by atoms with Crippen LogP contribution in [-0.4, -0.2) is 44.2 Å². The molecule has 0 aromatic carbocycles. The Labute approximate surface area is 137 Å². The standard InChI is InChI=1S/C17H26O6/c1-7-8-21-17-15(22-13(5)18)12(4)11(3)14(23-17)9-10(2)16(19)20-6/h1,10-12,14-15,17H,8-9H2,2-6H3. The molecule has 1 aliphatic rings. The van der Waals surface area contributed by atoms with Gasteiger partial charge in [-0.2, -0.15) is 0 Å². The predicted molar refractivity (Wildman–Crippen MR) is 83.1 cm³/mol. The summed E-state index contributed by atoms with van der Waals surface area (Å²) in [4.78, 5) is 23.0. The van der Waals surface area contributed by atoms with E-state index in [2.05, 4.69) is 5.92 Å². The van der Waals surface area contributed by atoms with Crippen molar-refractivity contribution < 1.29 is 28.5 Å². The zero-order valence-corrected chi connectivity index (χ0v) is 14.4. The summed E-state index contributed by atoms with van der Waals surface area (Å²) < 4.78 is 21.6. The molecule has 1 aliphatic heterocycles. The Balaban J connectivity index is 2.86. The van der Waals surface area contributed by atoms with Crippen LogP contribution in [-0.2, 0) is 28.5 Å². The molecule has 1 heterocycles. The summed E-state index contributed by atoms with van der Waals surface area (Å²) in [6.45, 7) is 7.18. The molecular weight excluding hydrogens is 300 g/mol. The smallest absolute Gasteiger partial charge is 0.308 e. The highest BCUT2D eigenvalue weighted by atomic mass is 16.7. The second-order valence-electron chi connectivity index (χ2n) is 6.01. The third-order valence-corrected chi connectivity index (χ3v) is 4.33. The first kappa shape index (κ1) is 19.5. The van der Waals surface area contributed by atoms with E-state index >= 15 is 0 Å². The van der Waals surface area contributed by atoms with Crippen molar-refractivity contribution in [2.24, 2.45) is 17.8 Å². The van der Waals surface area contributed by atoms with Crippen molar-refractivity contribution in [3.8, 4) is 12.3 Å². The van der Waals surface area contributed by atoms with Crippen LogP contribution in [0.15, 0.2) is 0 Å². The molecular formula is C17H26O6. The minimum absolute atomic E-state index is 0.00488. The van der Waals surface area contributed by atoms with E-state index in [0.29, 0.717) is 6.42 Å². The lowest BCUT2D eigenvalue weighted by atomic mass is 9.80. The van der Waals surface area contributed by atoms with Crippen LogP contribution >= 0.6 is 0 Å². The fourth-order valence-corrected chi connectivity index (χ4v) is 2.79. The van der Waals surface area contributed by atoms with E-state index in [1.807, 2.05) is 13.8 Å². The monoisotopic (exact) mass is 326 g/mol. The zero-order valence-electron chi connectivity index (χ0n) is 14.4. The summed E-state index contributed by atoms with van der Waals surface area (Å²) in [6, 6.07) is 0. The molecule has 6 heteroatoms. The number of carbonyl (C=O) groups is 2. The molecule has 6 atom stereocenters. The van der Waals surface area contributed by atoms with Gasteiger partial charge < -0.3 is 18.9 Å². The third-order valence-electron chi connectivity index (χ3n) is 4.33. The van der Waals surface area contributed by atoms with Crippen LogP contribution in [0.3, 0.4) is 0 Å². The van der Waals surface area contributed by atoms with Crippen LogP contribution in [0.25, 0.3) is 0 Å². The Hall–Kier alpha value is -1.58. The average molecular weight is 326 g/mol. The number of ether oxygens (including phenoxy) is 4. The van der Waals surface area contributed by atoms with E-state index in [9.17, 15) is 9.59 Å². The number of rotatable bonds is 6. The van der Waals surface area contributed by atoms with Gasteiger partial charge in [-0.3, -0.25) is 9.59 Å². The van der Waals surface area contributed by atoms with Gasteiger partial charge in [0, 0.05) is 12.8 Å². The number of hydrogen-bond acceptors (Lipinski definition) is 6. The van der Waals surface area contributed by atoms with Crippen molar-refractivity contribution in [2.75, 3.05) is 13.7 Å². The van der Waals surface area contributed by atoms with Crippen molar-refractivity contribution in [2.45, 2.75) is 52.6 Å². The predicted octanol–water partition coefficient (Wildman–Crippen LogP) is 1.76. The van der Waals surface area contributed by atoms with Gasteiger partial charge in [0.1, 0.15) is 6.61 Å². The lowest BCUT2D eigenvalue weighted by Gasteiger charge is -2.44. The Morgan fingerprint density at radius 3 is 2.48 bits per heavy atom. The number of hydrogen-bond donors (Lipinski definition) is 0. The van der Waals surface area contributed by atoms with Gasteiger partial charge in [0.25, 0.3) is 0 Å². The second-order valence-corrected chi connectivity index (χ2v) is 6.01. The summed E-state index contributed by atoms with van der Waals surface area (Å²) in [5.41, 5.74) is 0. The van der Waals surface area contributed by atoms with Crippen molar-refractivity contribution in [1.29, 1.82) is 0 Å². The topological polar surface area (TPSA) is 71.1 Å². The SMILES string of the molecule is C#CCOC1OC(CC(C)C(=O)OC)C(C)C(C)C1OC(C)=O. The highest BCUT2D eigenvalue weighted by Gasteiger charge is 2.44. The highest BCUT2D eigenvalue weighted by molar-refractivity contribution is 5.71. The maximum absolute atomic E-state index is 11.6. The summed E-state index contributed by atoms with van der Waals surface area (Å²) in [5.74, 6) is 1.50. The van der Waals surface area contributed by atoms with Gasteiger partial charge >= 0.3 is 11.9 Å². The number of terminal acetylenes is 1. The number of carbonyl (C=O) groups excluding carboxylic acids is 2. The van der Waals surface area contributed by atoms with Crippen LogP contribution < -0.4 is 0 Å². The van der Waals surface area contributed by atoms with Gasteiger partial charge in [0.2, 0.25) is 0 Å². The molecule has 0 spiro atoms. The largest absolute Gasteiger partial charge is 0.469 e. The minimum Gasteiger partial charge on any atom is -0.469 e. The molecule has 0 aliphatic carbocycles. The molecule has 1 fully saturated rings. The molecule has 0 aromatic rings. The molecule has 0 bridgehead atoms. The first-order valence-electron chi connectivity index (χ1n) is 7.77. The van der Waals surface area contributed by atoms with Crippen molar-refractivity contribution >= 4 is 11.9 Å². The molecule has 0 N–H and O–H groups in total. The summed E-state index contributed by atoms with van der Waals surface area (Å²) in [7, 11) is 1.36. The summed E-state index contributed by atoms with van der Waals surface area (Å²) in [5, 5.41) is 0. The molecule has 6 nitrogen and oxygen atoms in total. The van der Waals surface area contributed by atoms with E-state index in [1.165, 1.54) is 14.0 Å². The van der Waals surface area contributed by atoms with E-state index in [4.69, 9.17) is 25.4 Å². The Morgan fingerprint density at radius 1 is 1.30 bits per heavy atom. The van der Waals surface area contributed by atoms with Crippen LogP contribution in [0.5, 0.6) is 0 Å². The molecule has 0 aromatic heterocycles. The van der Waals surface area contributed by atoms with Gasteiger partial charge in [0.05, 0.1) is 19.1 Å². The van der Waals surface area contributed by atoms with Crippen LogP contribution in [0, 0.1) is 30.1 Å². The highest BCUT2D eigenvalue weighted by Crippen LogP contribution is 2.36. The van der Waals surface area contributed by atoms with Gasteiger partial charge in [-0.15, -0.1) is 6.42 Å². The molecule has 1 rings (SSSR count). The molecule has 0 amide bonds. The fourth-order valence-electron chi connectivity index (χ4n) is 2.79. The minimum atomic E-state index is -0.740. The molecule has 0 radical (unpaired) electrons. The molecule has 0 saturated carbocycles. The van der Waals surface area contributed by atoms with Crippen LogP contribution in [0.1, 0.15) is 34.1 Å². The fraction of sp³-hybridized carbons (Fsp3) is 0.765. The number of esters is 2. The Kier molecular flexibility index (Phi) is 7.53. The van der Waals surface area contributed by atoms with E-state index in [0.717, 1.165) is 0 Å². The normalized spacial score (nSPS) is 31.7. The van der Waals surface area contributed by atoms with Crippen molar-refractivity contribution in [3.63, 3.8) is 0 Å². The van der Waals surface area contributed by atoms with Crippen LogP contribution in [0.2, 0.25) is 0 Å². The van der Waals surface area contributed by atoms with E-state index < -0.39 is 18.4 Å². The van der Waals surface area contributed by atoms with Crippen molar-refractivity contribution in [1.82, 2.24) is 0 Å². The Morgan fingerprint density at radius 2 is 1.96 bits per heavy atom. The Bertz CT molecular complexity index is 454. The molecule has 130 valence electrons. The zero-order chi connectivity index (χ0) is 17.6. The van der Waals surface area contributed by atoms with E-state index in [1.54, 1.807) is 6.92 Å². The molecule has 23 heavy (non-hydrogen) atoms. The first-order chi connectivity index (χ1) is 10.8. The van der Waals surface area contributed by atoms with E-state index in [-0.39, 0.29) is 36.4 Å². The summed E-state index contributed by atoms with van der Waals surface area (Å²) in [6.07, 6.45) is 4.25. The van der Waals surface area contributed by atoms with Gasteiger partial charge in [-0.05, 0) is 12.3 Å². The lowest BCUT2D eigenvalue weighted by molar-refractivity contribution is -0.273. The molecule has 1 saturated heterocycles. The number of methoxy groups -OCH3 is 1. The average Bonchev–Trinajstić information content (AvgIpc) is 2.51. The van der Waals surface area contributed by atoms with Crippen molar-refractivity contribution in [3.05, 3.63) is 0 Å². The quantitative estimate of drug-likeness (QED) is 0.547. The molecule has 6 unspecified atom stereocenters.